The highest BCUT2D eigenvalue weighted by atomic mass is 35.5. The molecule has 2 aromatic rings. The number of halogens is 1. The highest BCUT2D eigenvalue weighted by molar-refractivity contribution is 6.33. The minimum atomic E-state index is -2.36. The summed E-state index contributed by atoms with van der Waals surface area (Å²) in [6, 6.07) is 4.71. The van der Waals surface area contributed by atoms with E-state index < -0.39 is 12.5 Å². The van der Waals surface area contributed by atoms with Gasteiger partial charge in [0.1, 0.15) is 6.61 Å². The summed E-state index contributed by atoms with van der Waals surface area (Å²) in [6.07, 6.45) is 11.1. The standard InChI is InChI=1S/C27H36ClN5O3/c1-19(16-34-2)32-21-5-3-20(4-6-21)11-22-12-23(24(28)13-31-22)25-14-30-15-26(33-25)36-18-27(17-29)7-9-35-10-8-27/h12-15,19-21,32H,3-11,16,18H2,1-2H3/t19-,20?,21?/m0/s1/i2D3. The quantitative estimate of drug-likeness (QED) is 0.488. The Morgan fingerprint density at radius 3 is 2.83 bits per heavy atom. The van der Waals surface area contributed by atoms with E-state index in [9.17, 15) is 5.26 Å². The molecule has 0 spiro atoms. The molecule has 8 nitrogen and oxygen atoms in total. The van der Waals surface area contributed by atoms with Gasteiger partial charge in [-0.1, -0.05) is 11.6 Å². The zero-order valence-corrected chi connectivity index (χ0v) is 21.5. The molecular weight excluding hydrogens is 478 g/mol. The van der Waals surface area contributed by atoms with Crippen LogP contribution < -0.4 is 10.1 Å². The van der Waals surface area contributed by atoms with Gasteiger partial charge < -0.3 is 19.5 Å². The van der Waals surface area contributed by atoms with Crippen LogP contribution in [0.4, 0.5) is 0 Å². The maximum Gasteiger partial charge on any atom is 0.232 e. The number of nitrogens with zero attached hydrogens (tertiary/aromatic N) is 4. The molecule has 0 radical (unpaired) electrons. The first-order valence-electron chi connectivity index (χ1n) is 14.1. The van der Waals surface area contributed by atoms with Crippen LogP contribution in [0.3, 0.4) is 0 Å². The van der Waals surface area contributed by atoms with E-state index in [2.05, 4.69) is 26.3 Å². The minimum absolute atomic E-state index is 0.0181. The smallest absolute Gasteiger partial charge is 0.232 e. The topological polar surface area (TPSA) is 102 Å². The van der Waals surface area contributed by atoms with Crippen molar-refractivity contribution in [3.63, 3.8) is 0 Å². The van der Waals surface area contributed by atoms with Crippen LogP contribution in [0, 0.1) is 22.7 Å². The van der Waals surface area contributed by atoms with Gasteiger partial charge in [-0.05, 0) is 63.9 Å². The lowest BCUT2D eigenvalue weighted by Crippen LogP contribution is -2.41. The van der Waals surface area contributed by atoms with Gasteiger partial charge in [-0.15, -0.1) is 0 Å². The van der Waals surface area contributed by atoms with Crippen molar-refractivity contribution >= 4 is 11.6 Å². The predicted octanol–water partition coefficient (Wildman–Crippen LogP) is 4.62. The summed E-state index contributed by atoms with van der Waals surface area (Å²) in [5.74, 6) is 0.855. The van der Waals surface area contributed by atoms with Crippen molar-refractivity contribution in [2.24, 2.45) is 11.3 Å². The highest BCUT2D eigenvalue weighted by Crippen LogP contribution is 2.33. The van der Waals surface area contributed by atoms with E-state index in [4.69, 9.17) is 29.9 Å². The molecule has 3 heterocycles. The van der Waals surface area contributed by atoms with Crippen molar-refractivity contribution in [2.45, 2.75) is 64.0 Å². The normalized spacial score (nSPS) is 24.1. The Balaban J connectivity index is 1.32. The Hall–Kier alpha value is -2.31. The maximum absolute atomic E-state index is 9.68. The summed E-state index contributed by atoms with van der Waals surface area (Å²) in [4.78, 5) is 13.5. The molecule has 0 bridgehead atoms. The zero-order chi connectivity index (χ0) is 27.9. The molecule has 1 aliphatic heterocycles. The van der Waals surface area contributed by atoms with Crippen LogP contribution in [0.25, 0.3) is 11.3 Å². The fourth-order valence-electron chi connectivity index (χ4n) is 5.00. The van der Waals surface area contributed by atoms with Crippen molar-refractivity contribution < 1.29 is 18.3 Å². The average molecular weight is 517 g/mol. The third kappa shape index (κ3) is 7.13. The van der Waals surface area contributed by atoms with Gasteiger partial charge in [0, 0.05) is 49.8 Å². The lowest BCUT2D eigenvalue weighted by molar-refractivity contribution is 0.0182. The Kier molecular flexibility index (Phi) is 8.11. The van der Waals surface area contributed by atoms with Gasteiger partial charge in [-0.25, -0.2) is 4.98 Å². The fraction of sp³-hybridized carbons (Fsp3) is 0.630. The molecule has 1 saturated heterocycles. The first-order chi connectivity index (χ1) is 18.6. The number of nitriles is 1. The molecule has 36 heavy (non-hydrogen) atoms. The second kappa shape index (κ2) is 12.8. The molecule has 0 aromatic carbocycles. The number of hydrogen-bond donors (Lipinski definition) is 1. The first-order valence-corrected chi connectivity index (χ1v) is 13.0. The summed E-state index contributed by atoms with van der Waals surface area (Å²) < 4.78 is 37.8. The van der Waals surface area contributed by atoms with Gasteiger partial charge >= 0.3 is 0 Å². The molecule has 2 aromatic heterocycles. The summed E-state index contributed by atoms with van der Waals surface area (Å²) >= 11 is 6.51. The molecule has 1 atom stereocenters. The lowest BCUT2D eigenvalue weighted by Gasteiger charge is -2.31. The van der Waals surface area contributed by atoms with E-state index in [0.29, 0.717) is 54.6 Å². The highest BCUT2D eigenvalue weighted by Gasteiger charge is 2.34. The maximum atomic E-state index is 9.68. The first kappa shape index (κ1) is 22.9. The molecule has 1 saturated carbocycles. The number of hydrogen-bond acceptors (Lipinski definition) is 8. The third-order valence-electron chi connectivity index (χ3n) is 7.18. The summed E-state index contributed by atoms with van der Waals surface area (Å²) in [7, 11) is -2.36. The summed E-state index contributed by atoms with van der Waals surface area (Å²) in [5.41, 5.74) is 1.72. The van der Waals surface area contributed by atoms with Crippen molar-refractivity contribution in [2.75, 3.05) is 33.5 Å². The number of rotatable bonds is 10. The van der Waals surface area contributed by atoms with E-state index in [0.717, 1.165) is 43.4 Å². The van der Waals surface area contributed by atoms with Gasteiger partial charge in [-0.3, -0.25) is 9.97 Å². The van der Waals surface area contributed by atoms with Gasteiger partial charge in [0.15, 0.2) is 0 Å². The van der Waals surface area contributed by atoms with Crippen molar-refractivity contribution in [3.8, 4) is 23.2 Å². The van der Waals surface area contributed by atoms with Crippen LogP contribution in [-0.4, -0.2) is 60.5 Å². The monoisotopic (exact) mass is 516 g/mol. The molecule has 1 N–H and O–H groups in total. The Labute approximate surface area is 223 Å². The van der Waals surface area contributed by atoms with Crippen LogP contribution in [0.1, 0.15) is 55.3 Å². The number of ether oxygens (including phenoxy) is 3. The zero-order valence-electron chi connectivity index (χ0n) is 23.7. The molecule has 4 rings (SSSR count). The minimum Gasteiger partial charge on any atom is -0.475 e. The molecule has 2 aliphatic rings. The fourth-order valence-corrected chi connectivity index (χ4v) is 5.20. The van der Waals surface area contributed by atoms with E-state index >= 15 is 0 Å². The molecular formula is C27H36ClN5O3. The summed E-state index contributed by atoms with van der Waals surface area (Å²) in [6.45, 7) is 3.46. The number of pyridine rings is 1. The molecule has 2 fully saturated rings. The third-order valence-corrected chi connectivity index (χ3v) is 7.48. The second-order valence-electron chi connectivity index (χ2n) is 9.99. The lowest BCUT2D eigenvalue weighted by atomic mass is 9.83. The molecule has 9 heteroatoms. The summed E-state index contributed by atoms with van der Waals surface area (Å²) in [5, 5.41) is 13.7. The van der Waals surface area contributed by atoms with Gasteiger partial charge in [0.05, 0.1) is 45.3 Å². The van der Waals surface area contributed by atoms with Crippen LogP contribution >= 0.6 is 11.6 Å². The average Bonchev–Trinajstić information content (AvgIpc) is 2.93. The second-order valence-corrected chi connectivity index (χ2v) is 10.4. The Morgan fingerprint density at radius 1 is 1.28 bits per heavy atom. The SMILES string of the molecule is [2H]C([2H])([2H])OC[C@H](C)NC1CCC(Cc2cc(-c3cncc(OCC4(C#N)CCOCC4)n3)c(Cl)cn2)CC1. The van der Waals surface area contributed by atoms with Gasteiger partial charge in [0.2, 0.25) is 5.88 Å². The Bertz CT molecular complexity index is 1130. The number of aromatic nitrogens is 3. The van der Waals surface area contributed by atoms with Crippen LogP contribution in [0.2, 0.25) is 5.02 Å². The van der Waals surface area contributed by atoms with Crippen LogP contribution in [0.15, 0.2) is 24.7 Å². The van der Waals surface area contributed by atoms with E-state index in [1.54, 1.807) is 18.6 Å². The van der Waals surface area contributed by atoms with Gasteiger partial charge in [0.25, 0.3) is 0 Å². The van der Waals surface area contributed by atoms with E-state index in [-0.39, 0.29) is 19.3 Å². The van der Waals surface area contributed by atoms with Gasteiger partial charge in [-0.2, -0.15) is 5.26 Å². The number of nitrogens with one attached hydrogen (secondary N) is 1. The Morgan fingerprint density at radius 2 is 2.08 bits per heavy atom. The van der Waals surface area contributed by atoms with E-state index in [1.165, 1.54) is 0 Å². The number of methoxy groups -OCH3 is 1. The van der Waals surface area contributed by atoms with Crippen LogP contribution in [0.5, 0.6) is 5.88 Å². The van der Waals surface area contributed by atoms with E-state index in [1.807, 2.05) is 13.0 Å². The molecule has 0 amide bonds. The van der Waals surface area contributed by atoms with Crippen molar-refractivity contribution in [1.82, 2.24) is 20.3 Å². The molecule has 1 aliphatic carbocycles. The molecule has 194 valence electrons. The molecule has 0 unspecified atom stereocenters. The largest absolute Gasteiger partial charge is 0.475 e. The van der Waals surface area contributed by atoms with Crippen molar-refractivity contribution in [1.29, 1.82) is 5.26 Å². The van der Waals surface area contributed by atoms with Crippen molar-refractivity contribution in [3.05, 3.63) is 35.4 Å². The van der Waals surface area contributed by atoms with Crippen LogP contribution in [-0.2, 0) is 15.9 Å². The predicted molar refractivity (Wildman–Crippen MR) is 138 cm³/mol.